The van der Waals surface area contributed by atoms with E-state index in [2.05, 4.69) is 10.6 Å². The first-order valence-corrected chi connectivity index (χ1v) is 9.47. The fourth-order valence-electron chi connectivity index (χ4n) is 2.64. The van der Waals surface area contributed by atoms with Crippen molar-refractivity contribution in [2.45, 2.75) is 19.5 Å². The third kappa shape index (κ3) is 4.96. The Morgan fingerprint density at radius 3 is 2.62 bits per heavy atom. The van der Waals surface area contributed by atoms with E-state index >= 15 is 0 Å². The Labute approximate surface area is 176 Å². The second kappa shape index (κ2) is 9.11. The number of carbonyl (C=O) groups is 2. The van der Waals surface area contributed by atoms with Gasteiger partial charge in [0, 0.05) is 17.7 Å². The van der Waals surface area contributed by atoms with Crippen LogP contribution in [0, 0.1) is 5.82 Å². The molecule has 0 bridgehead atoms. The molecule has 8 heteroatoms. The topological polar surface area (TPSA) is 71.3 Å². The van der Waals surface area contributed by atoms with Crippen LogP contribution >= 0.6 is 23.2 Å². The summed E-state index contributed by atoms with van der Waals surface area (Å²) in [5.41, 5.74) is 1.07. The normalized spacial score (nSPS) is 11.7. The van der Waals surface area contributed by atoms with Gasteiger partial charge in [0.1, 0.15) is 17.6 Å². The van der Waals surface area contributed by atoms with Gasteiger partial charge < -0.3 is 15.1 Å². The summed E-state index contributed by atoms with van der Waals surface area (Å²) >= 11 is 11.9. The molecule has 150 valence electrons. The number of hydrogen-bond donors (Lipinski definition) is 2. The van der Waals surface area contributed by atoms with Crippen LogP contribution in [0.1, 0.15) is 22.8 Å². The maximum absolute atomic E-state index is 14.3. The Hall–Kier alpha value is -2.83. The Morgan fingerprint density at radius 2 is 1.93 bits per heavy atom. The highest BCUT2D eigenvalue weighted by molar-refractivity contribution is 6.43. The largest absolute Gasteiger partial charge is 0.464 e. The SMILES string of the molecule is CC(NC(=O)c1cccc(Cl)c1Cl)C(=O)NCc1ccc(-c2ccco2)cc1F. The number of nitrogens with one attached hydrogen (secondary N) is 2. The van der Waals surface area contributed by atoms with Gasteiger partial charge in [-0.2, -0.15) is 0 Å². The van der Waals surface area contributed by atoms with Crippen molar-refractivity contribution < 1.29 is 18.4 Å². The second-order valence-corrected chi connectivity index (χ2v) is 7.08. The lowest BCUT2D eigenvalue weighted by atomic mass is 10.1. The summed E-state index contributed by atoms with van der Waals surface area (Å²) in [6, 6.07) is 11.9. The molecule has 0 aliphatic carbocycles. The van der Waals surface area contributed by atoms with Gasteiger partial charge in [-0.15, -0.1) is 0 Å². The first-order chi connectivity index (χ1) is 13.9. The van der Waals surface area contributed by atoms with E-state index in [0.29, 0.717) is 16.9 Å². The average Bonchev–Trinajstić information content (AvgIpc) is 3.23. The average molecular weight is 435 g/mol. The molecule has 1 atom stereocenters. The maximum Gasteiger partial charge on any atom is 0.253 e. The number of hydrogen-bond acceptors (Lipinski definition) is 3. The minimum atomic E-state index is -0.858. The lowest BCUT2D eigenvalue weighted by Crippen LogP contribution is -2.44. The van der Waals surface area contributed by atoms with E-state index in [1.165, 1.54) is 25.3 Å². The molecule has 0 saturated carbocycles. The Kier molecular flexibility index (Phi) is 6.56. The van der Waals surface area contributed by atoms with Crippen molar-refractivity contribution in [2.75, 3.05) is 0 Å². The molecular weight excluding hydrogens is 418 g/mol. The van der Waals surface area contributed by atoms with Gasteiger partial charge in [0.15, 0.2) is 0 Å². The maximum atomic E-state index is 14.3. The molecule has 5 nitrogen and oxygen atoms in total. The molecular formula is C21H17Cl2FN2O3. The zero-order chi connectivity index (χ0) is 21.0. The molecule has 0 fully saturated rings. The summed E-state index contributed by atoms with van der Waals surface area (Å²) in [5, 5.41) is 5.49. The van der Waals surface area contributed by atoms with E-state index in [-0.39, 0.29) is 22.2 Å². The standard InChI is InChI=1S/C21H17Cl2FN2O3/c1-12(26-21(28)15-4-2-5-16(22)19(15)23)20(27)25-11-14-8-7-13(10-17(14)24)18-6-3-9-29-18/h2-10,12H,11H2,1H3,(H,25,27)(H,26,28). The molecule has 3 aromatic rings. The number of furan rings is 1. The van der Waals surface area contributed by atoms with Crippen molar-refractivity contribution in [3.05, 3.63) is 81.8 Å². The van der Waals surface area contributed by atoms with Crippen molar-refractivity contribution in [3.63, 3.8) is 0 Å². The van der Waals surface area contributed by atoms with Crippen molar-refractivity contribution in [3.8, 4) is 11.3 Å². The minimum Gasteiger partial charge on any atom is -0.464 e. The second-order valence-electron chi connectivity index (χ2n) is 6.30. The summed E-state index contributed by atoms with van der Waals surface area (Å²) in [4.78, 5) is 24.6. The van der Waals surface area contributed by atoms with Gasteiger partial charge in [-0.1, -0.05) is 41.4 Å². The highest BCUT2D eigenvalue weighted by Gasteiger charge is 2.19. The van der Waals surface area contributed by atoms with E-state index in [1.807, 2.05) is 0 Å². The van der Waals surface area contributed by atoms with E-state index in [1.54, 1.807) is 36.4 Å². The molecule has 3 rings (SSSR count). The molecule has 2 amide bonds. The molecule has 0 saturated heterocycles. The van der Waals surface area contributed by atoms with Gasteiger partial charge in [-0.05, 0) is 37.3 Å². The molecule has 2 aromatic carbocycles. The predicted octanol–water partition coefficient (Wildman–Crippen LogP) is 4.83. The van der Waals surface area contributed by atoms with Crippen molar-refractivity contribution >= 4 is 35.0 Å². The van der Waals surface area contributed by atoms with Gasteiger partial charge in [-0.25, -0.2) is 4.39 Å². The fraction of sp³-hybridized carbons (Fsp3) is 0.143. The number of halogens is 3. The van der Waals surface area contributed by atoms with Gasteiger partial charge >= 0.3 is 0 Å². The van der Waals surface area contributed by atoms with Crippen molar-refractivity contribution in [1.29, 1.82) is 0 Å². The van der Waals surface area contributed by atoms with Gasteiger partial charge in [-0.3, -0.25) is 9.59 Å². The van der Waals surface area contributed by atoms with Gasteiger partial charge in [0.2, 0.25) is 5.91 Å². The zero-order valence-corrected chi connectivity index (χ0v) is 16.9. The predicted molar refractivity (Wildman–Crippen MR) is 109 cm³/mol. The summed E-state index contributed by atoms with van der Waals surface area (Å²) in [6.45, 7) is 1.49. The molecule has 1 unspecified atom stereocenters. The van der Waals surface area contributed by atoms with Crippen LogP contribution in [0.3, 0.4) is 0 Å². The van der Waals surface area contributed by atoms with Crippen molar-refractivity contribution in [1.82, 2.24) is 10.6 Å². The Balaban J connectivity index is 1.59. The smallest absolute Gasteiger partial charge is 0.253 e. The summed E-state index contributed by atoms with van der Waals surface area (Å²) in [6.07, 6.45) is 1.51. The van der Waals surface area contributed by atoms with Gasteiger partial charge in [0.25, 0.3) is 5.91 Å². The third-order valence-corrected chi connectivity index (χ3v) is 5.07. The van der Waals surface area contributed by atoms with E-state index < -0.39 is 23.7 Å². The Bertz CT molecular complexity index is 1040. The van der Waals surface area contributed by atoms with Crippen LogP contribution in [-0.2, 0) is 11.3 Å². The van der Waals surface area contributed by atoms with Crippen LogP contribution in [-0.4, -0.2) is 17.9 Å². The summed E-state index contributed by atoms with van der Waals surface area (Å²) in [5.74, 6) is -0.919. The number of amides is 2. The van der Waals surface area contributed by atoms with Crippen LogP contribution in [0.2, 0.25) is 10.0 Å². The molecule has 29 heavy (non-hydrogen) atoms. The highest BCUT2D eigenvalue weighted by Crippen LogP contribution is 2.25. The van der Waals surface area contributed by atoms with Gasteiger partial charge in [0.05, 0.1) is 21.9 Å². The first-order valence-electron chi connectivity index (χ1n) is 8.71. The van der Waals surface area contributed by atoms with Crippen LogP contribution in [0.25, 0.3) is 11.3 Å². The lowest BCUT2D eigenvalue weighted by Gasteiger charge is -2.15. The zero-order valence-electron chi connectivity index (χ0n) is 15.3. The van der Waals surface area contributed by atoms with Crippen LogP contribution in [0.4, 0.5) is 4.39 Å². The summed E-state index contributed by atoms with van der Waals surface area (Å²) in [7, 11) is 0. The quantitative estimate of drug-likeness (QED) is 0.583. The van der Waals surface area contributed by atoms with E-state index in [0.717, 1.165) is 0 Å². The lowest BCUT2D eigenvalue weighted by molar-refractivity contribution is -0.122. The molecule has 0 radical (unpaired) electrons. The number of rotatable bonds is 6. The minimum absolute atomic E-state index is 0.0266. The molecule has 0 spiro atoms. The molecule has 2 N–H and O–H groups in total. The van der Waals surface area contributed by atoms with Crippen LogP contribution in [0.5, 0.6) is 0 Å². The van der Waals surface area contributed by atoms with E-state index in [4.69, 9.17) is 27.6 Å². The Morgan fingerprint density at radius 1 is 1.14 bits per heavy atom. The third-order valence-electron chi connectivity index (χ3n) is 4.25. The number of benzene rings is 2. The monoisotopic (exact) mass is 434 g/mol. The molecule has 0 aliphatic rings. The molecule has 1 heterocycles. The molecule has 0 aliphatic heterocycles. The van der Waals surface area contributed by atoms with E-state index in [9.17, 15) is 14.0 Å². The van der Waals surface area contributed by atoms with Crippen LogP contribution < -0.4 is 10.6 Å². The summed E-state index contributed by atoms with van der Waals surface area (Å²) < 4.78 is 19.6. The van der Waals surface area contributed by atoms with Crippen LogP contribution in [0.15, 0.2) is 59.2 Å². The molecule has 1 aromatic heterocycles. The van der Waals surface area contributed by atoms with Crippen molar-refractivity contribution in [2.24, 2.45) is 0 Å². The first kappa shape index (κ1) is 20.9. The number of carbonyl (C=O) groups excluding carboxylic acids is 2. The fourth-order valence-corrected chi connectivity index (χ4v) is 3.03. The highest BCUT2D eigenvalue weighted by atomic mass is 35.5.